The lowest BCUT2D eigenvalue weighted by molar-refractivity contribution is 0.0740. The van der Waals surface area contributed by atoms with E-state index in [-0.39, 0.29) is 23.4 Å². The zero-order valence-electron chi connectivity index (χ0n) is 20.3. The number of carbonyl (C=O) groups excluding carboxylic acids is 2. The molecule has 1 N–H and O–H groups in total. The summed E-state index contributed by atoms with van der Waals surface area (Å²) in [6.45, 7) is 4.21. The number of amides is 2. The first kappa shape index (κ1) is 24.2. The molecular weight excluding hydrogens is 477 g/mol. The van der Waals surface area contributed by atoms with E-state index in [1.54, 1.807) is 52.1 Å². The summed E-state index contributed by atoms with van der Waals surface area (Å²) >= 11 is 0. The third kappa shape index (κ3) is 4.82. The molecule has 1 aromatic carbocycles. The molecule has 4 heterocycles. The van der Waals surface area contributed by atoms with Gasteiger partial charge in [0.2, 0.25) is 5.43 Å². The van der Waals surface area contributed by atoms with Crippen LogP contribution in [0.3, 0.4) is 0 Å². The van der Waals surface area contributed by atoms with Crippen LogP contribution in [-0.4, -0.2) is 52.4 Å². The van der Waals surface area contributed by atoms with Crippen LogP contribution in [0.1, 0.15) is 33.5 Å². The topological polar surface area (TPSA) is 101 Å². The highest BCUT2D eigenvalue weighted by molar-refractivity contribution is 5.98. The van der Waals surface area contributed by atoms with Crippen LogP contribution in [0.5, 0.6) is 0 Å². The number of aryl methyl sites for hydroxylation is 1. The second-order valence-corrected chi connectivity index (χ2v) is 8.73. The molecule has 0 unspecified atom stereocenters. The Morgan fingerprint density at radius 1 is 1.11 bits per heavy atom. The number of fused-ring (bicyclic) bond motifs is 1. The predicted molar refractivity (Wildman–Crippen MR) is 136 cm³/mol. The molecule has 1 fully saturated rings. The van der Waals surface area contributed by atoms with Crippen molar-refractivity contribution in [2.75, 3.05) is 31.1 Å². The van der Waals surface area contributed by atoms with Crippen molar-refractivity contribution in [3.63, 3.8) is 0 Å². The zero-order valence-corrected chi connectivity index (χ0v) is 20.3. The summed E-state index contributed by atoms with van der Waals surface area (Å²) in [7, 11) is 0. The molecule has 0 aliphatic carbocycles. The number of benzene rings is 1. The normalized spacial score (nSPS) is 13.7. The molecule has 5 rings (SSSR count). The second kappa shape index (κ2) is 10.3. The van der Waals surface area contributed by atoms with Crippen LogP contribution in [-0.2, 0) is 13.1 Å². The van der Waals surface area contributed by atoms with Gasteiger partial charge in [-0.3, -0.25) is 19.4 Å². The van der Waals surface area contributed by atoms with E-state index in [0.29, 0.717) is 55.4 Å². The van der Waals surface area contributed by atoms with Crippen molar-refractivity contribution < 1.29 is 18.4 Å². The van der Waals surface area contributed by atoms with Gasteiger partial charge in [-0.2, -0.15) is 0 Å². The number of nitrogens with zero attached hydrogens (tertiary/aromatic N) is 4. The van der Waals surface area contributed by atoms with E-state index in [1.165, 1.54) is 18.5 Å². The molecule has 190 valence electrons. The molecule has 0 atom stereocenters. The highest BCUT2D eigenvalue weighted by Gasteiger charge is 2.25. The monoisotopic (exact) mass is 503 g/mol. The van der Waals surface area contributed by atoms with E-state index < -0.39 is 17.2 Å². The van der Waals surface area contributed by atoms with Gasteiger partial charge < -0.3 is 24.1 Å². The van der Waals surface area contributed by atoms with Crippen LogP contribution in [0.15, 0.2) is 70.3 Å². The Morgan fingerprint density at radius 3 is 2.59 bits per heavy atom. The van der Waals surface area contributed by atoms with Gasteiger partial charge in [0.25, 0.3) is 11.8 Å². The Labute approximate surface area is 212 Å². The summed E-state index contributed by atoms with van der Waals surface area (Å²) < 4.78 is 22.3. The summed E-state index contributed by atoms with van der Waals surface area (Å²) in [5.74, 6) is -0.701. The summed E-state index contributed by atoms with van der Waals surface area (Å²) in [4.78, 5) is 46.3. The molecule has 1 aliphatic rings. The molecule has 9 nitrogen and oxygen atoms in total. The number of piperazine rings is 1. The Kier molecular flexibility index (Phi) is 6.72. The Hall–Kier alpha value is -4.47. The average Bonchev–Trinajstić information content (AvgIpc) is 3.46. The van der Waals surface area contributed by atoms with Crippen LogP contribution in [0, 0.1) is 5.82 Å². The van der Waals surface area contributed by atoms with Gasteiger partial charge in [-0.25, -0.2) is 4.39 Å². The van der Waals surface area contributed by atoms with E-state index >= 15 is 4.39 Å². The largest absolute Gasteiger partial charge is 0.467 e. The fourth-order valence-corrected chi connectivity index (χ4v) is 4.54. The molecule has 2 amide bonds. The van der Waals surface area contributed by atoms with Gasteiger partial charge in [0.05, 0.1) is 24.0 Å². The lowest BCUT2D eigenvalue weighted by Gasteiger charge is -2.36. The van der Waals surface area contributed by atoms with Crippen molar-refractivity contribution in [3.05, 3.63) is 94.2 Å². The summed E-state index contributed by atoms with van der Waals surface area (Å²) in [5.41, 5.74) is 0.680. The van der Waals surface area contributed by atoms with Crippen LogP contribution in [0.2, 0.25) is 0 Å². The summed E-state index contributed by atoms with van der Waals surface area (Å²) in [6, 6.07) is 11.5. The highest BCUT2D eigenvalue weighted by atomic mass is 19.1. The first-order valence-corrected chi connectivity index (χ1v) is 12.1. The number of halogens is 1. The molecule has 4 aromatic rings. The minimum Gasteiger partial charge on any atom is -0.467 e. The van der Waals surface area contributed by atoms with Crippen molar-refractivity contribution in [1.82, 2.24) is 19.8 Å². The van der Waals surface area contributed by atoms with Gasteiger partial charge in [-0.05, 0) is 43.3 Å². The van der Waals surface area contributed by atoms with E-state index in [9.17, 15) is 14.4 Å². The first-order chi connectivity index (χ1) is 18.0. The number of carbonyl (C=O) groups is 2. The third-order valence-corrected chi connectivity index (χ3v) is 6.53. The fraction of sp³-hybridized carbons (Fsp3) is 0.259. The summed E-state index contributed by atoms with van der Waals surface area (Å²) in [5, 5.41) is 2.81. The molecule has 1 aliphatic heterocycles. The SMILES string of the molecule is CCn1cc(C(=O)NCc2ccco2)c(=O)c2cc(F)c(N3CCN(C(=O)c4ccccn4)CC3)cc21. The number of rotatable bonds is 6. The van der Waals surface area contributed by atoms with Crippen LogP contribution in [0.25, 0.3) is 10.9 Å². The van der Waals surface area contributed by atoms with Crippen LogP contribution >= 0.6 is 0 Å². The molecule has 0 radical (unpaired) electrons. The number of pyridine rings is 2. The molecule has 0 bridgehead atoms. The van der Waals surface area contributed by atoms with Gasteiger partial charge >= 0.3 is 0 Å². The summed E-state index contributed by atoms with van der Waals surface area (Å²) in [6.07, 6.45) is 4.59. The molecule has 37 heavy (non-hydrogen) atoms. The van der Waals surface area contributed by atoms with Gasteiger partial charge in [0, 0.05) is 50.5 Å². The average molecular weight is 504 g/mol. The number of nitrogens with one attached hydrogen (secondary N) is 1. The Bertz CT molecular complexity index is 1490. The lowest BCUT2D eigenvalue weighted by atomic mass is 10.1. The van der Waals surface area contributed by atoms with E-state index in [4.69, 9.17) is 4.42 Å². The third-order valence-electron chi connectivity index (χ3n) is 6.53. The number of furan rings is 1. The molecule has 10 heteroatoms. The van der Waals surface area contributed by atoms with Crippen molar-refractivity contribution >= 4 is 28.4 Å². The fourth-order valence-electron chi connectivity index (χ4n) is 4.54. The van der Waals surface area contributed by atoms with E-state index in [0.717, 1.165) is 0 Å². The van der Waals surface area contributed by atoms with Crippen LogP contribution in [0.4, 0.5) is 10.1 Å². The van der Waals surface area contributed by atoms with Gasteiger partial charge in [-0.15, -0.1) is 0 Å². The lowest BCUT2D eigenvalue weighted by Crippen LogP contribution is -2.49. The molecule has 0 spiro atoms. The van der Waals surface area contributed by atoms with Crippen molar-refractivity contribution in [1.29, 1.82) is 0 Å². The van der Waals surface area contributed by atoms with Crippen molar-refractivity contribution in [2.45, 2.75) is 20.0 Å². The van der Waals surface area contributed by atoms with Gasteiger partial charge in [-0.1, -0.05) is 6.07 Å². The molecule has 3 aromatic heterocycles. The minimum absolute atomic E-state index is 0.0605. The standard InChI is InChI=1S/C27H26FN5O4/c1-2-31-17-20(26(35)30-16-18-6-5-13-37-18)25(34)19-14-21(28)24(15-23(19)31)32-9-11-33(12-10-32)27(36)22-7-3-4-8-29-22/h3-8,13-15,17H,2,9-12,16H2,1H3,(H,30,35). The van der Waals surface area contributed by atoms with E-state index in [2.05, 4.69) is 10.3 Å². The minimum atomic E-state index is -0.552. The Balaban J connectivity index is 1.38. The highest BCUT2D eigenvalue weighted by Crippen LogP contribution is 2.26. The van der Waals surface area contributed by atoms with E-state index in [1.807, 2.05) is 11.8 Å². The van der Waals surface area contributed by atoms with Crippen molar-refractivity contribution in [2.24, 2.45) is 0 Å². The quantitative estimate of drug-likeness (QED) is 0.434. The maximum Gasteiger partial charge on any atom is 0.272 e. The zero-order chi connectivity index (χ0) is 25.9. The number of hydrogen-bond acceptors (Lipinski definition) is 6. The predicted octanol–water partition coefficient (Wildman–Crippen LogP) is 3.04. The maximum atomic E-state index is 15.3. The molecular formula is C27H26FN5O4. The molecule has 1 saturated heterocycles. The number of anilines is 1. The van der Waals surface area contributed by atoms with Gasteiger partial charge in [0.15, 0.2) is 0 Å². The van der Waals surface area contributed by atoms with Gasteiger partial charge in [0.1, 0.15) is 22.8 Å². The first-order valence-electron chi connectivity index (χ1n) is 12.1. The second-order valence-electron chi connectivity index (χ2n) is 8.73. The van der Waals surface area contributed by atoms with Crippen LogP contribution < -0.4 is 15.6 Å². The smallest absolute Gasteiger partial charge is 0.272 e. The maximum absolute atomic E-state index is 15.3. The number of hydrogen-bond donors (Lipinski definition) is 1. The number of aromatic nitrogens is 2. The molecule has 0 saturated carbocycles. The Morgan fingerprint density at radius 2 is 1.92 bits per heavy atom. The van der Waals surface area contributed by atoms with Crippen molar-refractivity contribution in [3.8, 4) is 0 Å².